The Morgan fingerprint density at radius 2 is 2.09 bits per heavy atom. The average Bonchev–Trinajstić information content (AvgIpc) is 2.46. The third-order valence-electron chi connectivity index (χ3n) is 4.90. The Balaban J connectivity index is 1.79. The molecule has 5 nitrogen and oxygen atoms in total. The van der Waals surface area contributed by atoms with Crippen molar-refractivity contribution in [2.24, 2.45) is 11.8 Å². The van der Waals surface area contributed by atoms with Crippen LogP contribution in [0.3, 0.4) is 0 Å². The summed E-state index contributed by atoms with van der Waals surface area (Å²) in [6.45, 7) is 6.47. The largest absolute Gasteiger partial charge is 0.347 e. The number of likely N-dealkylation sites (tertiary alicyclic amines) is 1. The predicted molar refractivity (Wildman–Crippen MR) is 84.3 cm³/mol. The molecule has 1 aromatic heterocycles. The van der Waals surface area contributed by atoms with E-state index in [0.717, 1.165) is 38.2 Å². The third-order valence-corrected chi connectivity index (χ3v) is 4.90. The third kappa shape index (κ3) is 2.82. The second kappa shape index (κ2) is 5.88. The van der Waals surface area contributed by atoms with Crippen LogP contribution in [-0.2, 0) is 11.3 Å². The minimum Gasteiger partial charge on any atom is -0.347 e. The molecule has 0 aromatic carbocycles. The zero-order chi connectivity index (χ0) is 15.9. The van der Waals surface area contributed by atoms with Crippen LogP contribution in [-0.4, -0.2) is 34.5 Å². The number of piperidine rings is 1. The number of fused-ring (bicyclic) bond motifs is 4. The molecule has 2 bridgehead atoms. The standard InChI is InChI=1S/C17H25N3O2/c1-11(2)6-14(18)17(22)19-8-12-7-13(10-19)15-4-3-5-16(21)20(15)9-12/h3-5,11-14H,6-10,18H2,1-2H3/p+1/t12-,13+,14-/m1/s1. The zero-order valence-electron chi connectivity index (χ0n) is 13.5. The number of carbonyl (C=O) groups excluding carboxylic acids is 1. The minimum atomic E-state index is -0.156. The fourth-order valence-electron chi connectivity index (χ4n) is 4.00. The summed E-state index contributed by atoms with van der Waals surface area (Å²) in [6.07, 6.45) is 1.92. The number of nitrogens with zero attached hydrogens (tertiary/aromatic N) is 2. The first-order valence-electron chi connectivity index (χ1n) is 8.27. The summed E-state index contributed by atoms with van der Waals surface area (Å²) in [7, 11) is 0. The van der Waals surface area contributed by atoms with Crippen LogP contribution in [0.15, 0.2) is 23.0 Å². The molecule has 0 spiro atoms. The maximum Gasteiger partial charge on any atom is 0.280 e. The van der Waals surface area contributed by atoms with Gasteiger partial charge in [-0.15, -0.1) is 0 Å². The highest BCUT2D eigenvalue weighted by molar-refractivity contribution is 5.80. The molecule has 1 aromatic rings. The van der Waals surface area contributed by atoms with Gasteiger partial charge in [0.15, 0.2) is 6.04 Å². The van der Waals surface area contributed by atoms with Crippen LogP contribution in [0.2, 0.25) is 0 Å². The van der Waals surface area contributed by atoms with Crippen molar-refractivity contribution in [3.05, 3.63) is 34.2 Å². The Labute approximate surface area is 131 Å². The average molecular weight is 304 g/mol. The molecule has 0 unspecified atom stereocenters. The van der Waals surface area contributed by atoms with Gasteiger partial charge < -0.3 is 15.2 Å². The number of hydrogen-bond acceptors (Lipinski definition) is 2. The molecule has 3 atom stereocenters. The van der Waals surface area contributed by atoms with E-state index in [1.807, 2.05) is 21.6 Å². The Hall–Kier alpha value is -1.62. The molecule has 5 heteroatoms. The molecular weight excluding hydrogens is 278 g/mol. The smallest absolute Gasteiger partial charge is 0.280 e. The van der Waals surface area contributed by atoms with Gasteiger partial charge in [-0.3, -0.25) is 9.59 Å². The van der Waals surface area contributed by atoms with Crippen molar-refractivity contribution in [2.75, 3.05) is 13.1 Å². The van der Waals surface area contributed by atoms with E-state index in [1.54, 1.807) is 6.07 Å². The van der Waals surface area contributed by atoms with Crippen molar-refractivity contribution in [2.45, 2.75) is 45.2 Å². The lowest BCUT2D eigenvalue weighted by Gasteiger charge is -2.43. The van der Waals surface area contributed by atoms with E-state index < -0.39 is 0 Å². The Morgan fingerprint density at radius 1 is 1.32 bits per heavy atom. The molecule has 2 aliphatic rings. The van der Waals surface area contributed by atoms with Gasteiger partial charge in [0, 0.05) is 43.7 Å². The molecular formula is C17H26N3O2+. The van der Waals surface area contributed by atoms with E-state index in [2.05, 4.69) is 19.6 Å². The summed E-state index contributed by atoms with van der Waals surface area (Å²) in [5, 5.41) is 0. The van der Waals surface area contributed by atoms with Gasteiger partial charge in [-0.1, -0.05) is 19.9 Å². The van der Waals surface area contributed by atoms with Crippen LogP contribution in [0, 0.1) is 11.8 Å². The number of pyridine rings is 1. The van der Waals surface area contributed by atoms with Crippen LogP contribution < -0.4 is 11.3 Å². The topological polar surface area (TPSA) is 70.0 Å². The molecule has 3 N–H and O–H groups in total. The van der Waals surface area contributed by atoms with Crippen molar-refractivity contribution in [1.82, 2.24) is 9.47 Å². The molecule has 3 heterocycles. The number of amides is 1. The van der Waals surface area contributed by atoms with Gasteiger partial charge in [-0.2, -0.15) is 0 Å². The number of aromatic nitrogens is 1. The SMILES string of the molecule is CC(C)C[C@@H]([NH3+])C(=O)N1C[C@H]2C[C@@H](C1)c1cccc(=O)n1C2. The first-order valence-corrected chi connectivity index (χ1v) is 8.27. The maximum absolute atomic E-state index is 12.6. The lowest BCUT2D eigenvalue weighted by atomic mass is 9.83. The molecule has 1 amide bonds. The lowest BCUT2D eigenvalue weighted by Crippen LogP contribution is -2.69. The molecule has 1 fully saturated rings. The van der Waals surface area contributed by atoms with E-state index in [9.17, 15) is 9.59 Å². The maximum atomic E-state index is 12.6. The summed E-state index contributed by atoms with van der Waals surface area (Å²) in [4.78, 5) is 26.6. The van der Waals surface area contributed by atoms with Gasteiger partial charge in [-0.05, 0) is 24.3 Å². The number of hydrogen-bond donors (Lipinski definition) is 1. The van der Waals surface area contributed by atoms with E-state index in [0.29, 0.717) is 11.8 Å². The van der Waals surface area contributed by atoms with Gasteiger partial charge in [0.25, 0.3) is 11.5 Å². The van der Waals surface area contributed by atoms with Crippen LogP contribution in [0.4, 0.5) is 0 Å². The summed E-state index contributed by atoms with van der Waals surface area (Å²) in [5.74, 6) is 1.34. The predicted octanol–water partition coefficient (Wildman–Crippen LogP) is 0.451. The van der Waals surface area contributed by atoms with Crippen molar-refractivity contribution in [3.8, 4) is 0 Å². The molecule has 3 rings (SSSR count). The minimum absolute atomic E-state index is 0.0850. The van der Waals surface area contributed by atoms with Gasteiger partial charge in [0.2, 0.25) is 0 Å². The molecule has 0 radical (unpaired) electrons. The second-order valence-corrected chi connectivity index (χ2v) is 7.27. The van der Waals surface area contributed by atoms with Crippen LogP contribution in [0.5, 0.6) is 0 Å². The fourth-order valence-corrected chi connectivity index (χ4v) is 4.00. The number of carbonyl (C=O) groups is 1. The highest BCUT2D eigenvalue weighted by Crippen LogP contribution is 2.35. The fraction of sp³-hybridized carbons (Fsp3) is 0.647. The Kier molecular flexibility index (Phi) is 4.08. The zero-order valence-corrected chi connectivity index (χ0v) is 13.5. The van der Waals surface area contributed by atoms with Crippen LogP contribution in [0.25, 0.3) is 0 Å². The molecule has 0 aliphatic carbocycles. The van der Waals surface area contributed by atoms with Crippen molar-refractivity contribution in [3.63, 3.8) is 0 Å². The van der Waals surface area contributed by atoms with Crippen molar-refractivity contribution < 1.29 is 10.5 Å². The van der Waals surface area contributed by atoms with E-state index >= 15 is 0 Å². The summed E-state index contributed by atoms with van der Waals surface area (Å²) in [5.41, 5.74) is 5.23. The van der Waals surface area contributed by atoms with Gasteiger partial charge in [0.05, 0.1) is 0 Å². The van der Waals surface area contributed by atoms with Crippen molar-refractivity contribution in [1.29, 1.82) is 0 Å². The van der Waals surface area contributed by atoms with E-state index in [1.165, 1.54) is 0 Å². The summed E-state index contributed by atoms with van der Waals surface area (Å²) in [6, 6.07) is 5.34. The molecule has 22 heavy (non-hydrogen) atoms. The highest BCUT2D eigenvalue weighted by Gasteiger charge is 2.38. The first kappa shape index (κ1) is 15.3. The molecule has 1 saturated heterocycles. The summed E-state index contributed by atoms with van der Waals surface area (Å²) >= 11 is 0. The van der Waals surface area contributed by atoms with Gasteiger partial charge >= 0.3 is 0 Å². The quantitative estimate of drug-likeness (QED) is 0.881. The van der Waals surface area contributed by atoms with Gasteiger partial charge in [0.1, 0.15) is 0 Å². The van der Waals surface area contributed by atoms with Crippen LogP contribution >= 0.6 is 0 Å². The number of quaternary nitrogens is 1. The molecule has 120 valence electrons. The first-order chi connectivity index (χ1) is 10.5. The molecule has 0 saturated carbocycles. The number of rotatable bonds is 3. The van der Waals surface area contributed by atoms with E-state index in [-0.39, 0.29) is 23.4 Å². The lowest BCUT2D eigenvalue weighted by molar-refractivity contribution is -0.408. The van der Waals surface area contributed by atoms with E-state index in [4.69, 9.17) is 0 Å². The monoisotopic (exact) mass is 304 g/mol. The normalized spacial score (nSPS) is 25.0. The Bertz CT molecular complexity index is 623. The van der Waals surface area contributed by atoms with Crippen molar-refractivity contribution >= 4 is 5.91 Å². The summed E-state index contributed by atoms with van der Waals surface area (Å²) < 4.78 is 1.90. The van der Waals surface area contributed by atoms with Gasteiger partial charge in [-0.25, -0.2) is 0 Å². The highest BCUT2D eigenvalue weighted by atomic mass is 16.2. The van der Waals surface area contributed by atoms with Crippen LogP contribution in [0.1, 0.15) is 38.3 Å². The molecule has 2 aliphatic heterocycles. The Morgan fingerprint density at radius 3 is 2.82 bits per heavy atom. The second-order valence-electron chi connectivity index (χ2n) is 7.27.